The van der Waals surface area contributed by atoms with Crippen molar-refractivity contribution >= 4 is 23.4 Å². The molecule has 2 saturated heterocycles. The van der Waals surface area contributed by atoms with Crippen molar-refractivity contribution in [2.75, 3.05) is 32.7 Å². The molecular formula is C21H26ClN5O3. The molecule has 2 fully saturated rings. The minimum atomic E-state index is 0.0110. The summed E-state index contributed by atoms with van der Waals surface area (Å²) in [6, 6.07) is 7.40. The summed E-state index contributed by atoms with van der Waals surface area (Å²) in [5.41, 5.74) is 0.750. The van der Waals surface area contributed by atoms with E-state index in [0.29, 0.717) is 42.8 Å². The number of nitrogens with zero attached hydrogens (tertiary/aromatic N) is 4. The van der Waals surface area contributed by atoms with Gasteiger partial charge < -0.3 is 14.7 Å². The second-order valence-corrected chi connectivity index (χ2v) is 8.22. The van der Waals surface area contributed by atoms with Gasteiger partial charge in [0.1, 0.15) is 0 Å². The van der Waals surface area contributed by atoms with Gasteiger partial charge in [0.25, 0.3) is 0 Å². The van der Waals surface area contributed by atoms with Crippen LogP contribution in [0.2, 0.25) is 5.02 Å². The van der Waals surface area contributed by atoms with Crippen LogP contribution in [0.15, 0.2) is 28.8 Å². The first kappa shape index (κ1) is 20.8. The van der Waals surface area contributed by atoms with Crippen molar-refractivity contribution in [2.24, 2.45) is 5.92 Å². The molecule has 0 bridgehead atoms. The predicted molar refractivity (Wildman–Crippen MR) is 112 cm³/mol. The zero-order chi connectivity index (χ0) is 20.9. The fourth-order valence-corrected chi connectivity index (χ4v) is 4.23. The average molecular weight is 432 g/mol. The van der Waals surface area contributed by atoms with Gasteiger partial charge in [0.05, 0.1) is 11.6 Å². The lowest BCUT2D eigenvalue weighted by Gasteiger charge is -2.30. The van der Waals surface area contributed by atoms with E-state index in [-0.39, 0.29) is 17.7 Å². The maximum Gasteiger partial charge on any atom is 0.241 e. The molecule has 0 spiro atoms. The Balaban J connectivity index is 1.21. The molecule has 2 aliphatic heterocycles. The van der Waals surface area contributed by atoms with Gasteiger partial charge in [0, 0.05) is 37.5 Å². The van der Waals surface area contributed by atoms with E-state index in [9.17, 15) is 9.59 Å². The Labute approximate surface area is 180 Å². The van der Waals surface area contributed by atoms with E-state index < -0.39 is 0 Å². The number of piperidine rings is 1. The number of aromatic nitrogens is 2. The summed E-state index contributed by atoms with van der Waals surface area (Å²) in [7, 11) is 0. The summed E-state index contributed by atoms with van der Waals surface area (Å²) in [4.78, 5) is 32.5. The van der Waals surface area contributed by atoms with Gasteiger partial charge in [-0.1, -0.05) is 28.9 Å². The Morgan fingerprint density at radius 2 is 2.03 bits per heavy atom. The molecule has 0 unspecified atom stereocenters. The zero-order valence-electron chi connectivity index (χ0n) is 16.8. The van der Waals surface area contributed by atoms with Crippen molar-refractivity contribution in [3.8, 4) is 11.4 Å². The number of carbonyl (C=O) groups is 2. The molecule has 0 aliphatic carbocycles. The van der Waals surface area contributed by atoms with Crippen LogP contribution in [0.1, 0.15) is 31.6 Å². The van der Waals surface area contributed by atoms with Gasteiger partial charge in [-0.05, 0) is 44.5 Å². The molecule has 0 saturated carbocycles. The molecule has 0 atom stereocenters. The molecule has 2 aromatic rings. The van der Waals surface area contributed by atoms with E-state index in [0.717, 1.165) is 44.5 Å². The second-order valence-electron chi connectivity index (χ2n) is 7.82. The Hall–Kier alpha value is -2.45. The summed E-state index contributed by atoms with van der Waals surface area (Å²) in [5.74, 6) is 1.32. The SMILES string of the molecule is O=C(NCCN1CCCC1=O)C1CCN(Cc2nc(-c3ccccc3Cl)no2)CC1. The molecule has 30 heavy (non-hydrogen) atoms. The van der Waals surface area contributed by atoms with Crippen LogP contribution in [0, 0.1) is 5.92 Å². The highest BCUT2D eigenvalue weighted by Crippen LogP contribution is 2.25. The quantitative estimate of drug-likeness (QED) is 0.723. The van der Waals surface area contributed by atoms with E-state index in [1.807, 2.05) is 23.1 Å². The van der Waals surface area contributed by atoms with E-state index in [1.165, 1.54) is 0 Å². The third-order valence-electron chi connectivity index (χ3n) is 5.75. The number of benzene rings is 1. The van der Waals surface area contributed by atoms with Crippen molar-refractivity contribution in [3.63, 3.8) is 0 Å². The molecule has 2 aliphatic rings. The summed E-state index contributed by atoms with van der Waals surface area (Å²) < 4.78 is 5.39. The molecule has 1 N–H and O–H groups in total. The van der Waals surface area contributed by atoms with Crippen LogP contribution >= 0.6 is 11.6 Å². The van der Waals surface area contributed by atoms with Gasteiger partial charge in [-0.15, -0.1) is 0 Å². The fraction of sp³-hybridized carbons (Fsp3) is 0.524. The maximum atomic E-state index is 12.4. The number of halogens is 1. The normalized spacial score (nSPS) is 18.2. The number of carbonyl (C=O) groups excluding carboxylic acids is 2. The first-order valence-electron chi connectivity index (χ1n) is 10.5. The van der Waals surface area contributed by atoms with Crippen LogP contribution in [-0.4, -0.2) is 64.5 Å². The highest BCUT2D eigenvalue weighted by Gasteiger charge is 2.26. The van der Waals surface area contributed by atoms with Gasteiger partial charge in [-0.2, -0.15) is 4.98 Å². The third-order valence-corrected chi connectivity index (χ3v) is 6.08. The molecule has 1 aromatic carbocycles. The van der Waals surface area contributed by atoms with Crippen molar-refractivity contribution in [1.29, 1.82) is 0 Å². The lowest BCUT2D eigenvalue weighted by atomic mass is 9.96. The summed E-state index contributed by atoms with van der Waals surface area (Å²) in [6.07, 6.45) is 3.14. The second kappa shape index (κ2) is 9.57. The van der Waals surface area contributed by atoms with Gasteiger partial charge in [-0.3, -0.25) is 14.5 Å². The Morgan fingerprint density at radius 3 is 2.77 bits per heavy atom. The summed E-state index contributed by atoms with van der Waals surface area (Å²) in [5, 5.41) is 7.61. The standard InChI is InChI=1S/C21H26ClN5O3/c22-17-5-2-1-4-16(17)20-24-18(30-25-20)14-26-11-7-15(8-12-26)21(29)23-9-13-27-10-3-6-19(27)28/h1-2,4-5,15H,3,6-14H2,(H,23,29). The van der Waals surface area contributed by atoms with Crippen molar-refractivity contribution in [1.82, 2.24) is 25.3 Å². The Bertz CT molecular complexity index is 894. The molecule has 4 rings (SSSR count). The monoisotopic (exact) mass is 431 g/mol. The van der Waals surface area contributed by atoms with E-state index in [4.69, 9.17) is 16.1 Å². The molecule has 3 heterocycles. The van der Waals surface area contributed by atoms with Gasteiger partial charge >= 0.3 is 0 Å². The first-order valence-corrected chi connectivity index (χ1v) is 10.8. The third kappa shape index (κ3) is 4.99. The molecule has 160 valence electrons. The topological polar surface area (TPSA) is 91.6 Å². The van der Waals surface area contributed by atoms with E-state index >= 15 is 0 Å². The smallest absolute Gasteiger partial charge is 0.241 e. The van der Waals surface area contributed by atoms with Crippen LogP contribution in [0.4, 0.5) is 0 Å². The number of hydrogen-bond acceptors (Lipinski definition) is 6. The molecule has 1 aromatic heterocycles. The maximum absolute atomic E-state index is 12.4. The van der Waals surface area contributed by atoms with E-state index in [1.54, 1.807) is 6.07 Å². The van der Waals surface area contributed by atoms with Crippen LogP contribution < -0.4 is 5.32 Å². The Kier molecular flexibility index (Phi) is 6.64. The van der Waals surface area contributed by atoms with Crippen molar-refractivity contribution < 1.29 is 14.1 Å². The first-order chi connectivity index (χ1) is 14.6. The van der Waals surface area contributed by atoms with Crippen LogP contribution in [0.5, 0.6) is 0 Å². The minimum Gasteiger partial charge on any atom is -0.354 e. The average Bonchev–Trinajstić information content (AvgIpc) is 3.38. The van der Waals surface area contributed by atoms with Gasteiger partial charge in [0.2, 0.25) is 23.5 Å². The predicted octanol–water partition coefficient (Wildman–Crippen LogP) is 2.34. The van der Waals surface area contributed by atoms with Crippen molar-refractivity contribution in [2.45, 2.75) is 32.2 Å². The largest absolute Gasteiger partial charge is 0.354 e. The highest BCUT2D eigenvalue weighted by atomic mass is 35.5. The minimum absolute atomic E-state index is 0.0110. The van der Waals surface area contributed by atoms with Crippen LogP contribution in [0.25, 0.3) is 11.4 Å². The number of likely N-dealkylation sites (tertiary alicyclic amines) is 2. The summed E-state index contributed by atoms with van der Waals surface area (Å²) in [6.45, 7) is 4.09. The molecule has 2 amide bonds. The molecule has 9 heteroatoms. The van der Waals surface area contributed by atoms with Gasteiger partial charge in [-0.25, -0.2) is 0 Å². The number of rotatable bonds is 7. The molecular weight excluding hydrogens is 406 g/mol. The molecule has 8 nitrogen and oxygen atoms in total. The lowest BCUT2D eigenvalue weighted by Crippen LogP contribution is -2.42. The molecule has 0 radical (unpaired) electrons. The van der Waals surface area contributed by atoms with Crippen LogP contribution in [-0.2, 0) is 16.1 Å². The highest BCUT2D eigenvalue weighted by molar-refractivity contribution is 6.33. The van der Waals surface area contributed by atoms with E-state index in [2.05, 4.69) is 20.4 Å². The number of hydrogen-bond donors (Lipinski definition) is 1. The number of amides is 2. The fourth-order valence-electron chi connectivity index (χ4n) is 4.01. The lowest BCUT2D eigenvalue weighted by molar-refractivity contribution is -0.129. The van der Waals surface area contributed by atoms with Gasteiger partial charge in [0.15, 0.2) is 0 Å². The van der Waals surface area contributed by atoms with Crippen molar-refractivity contribution in [3.05, 3.63) is 35.2 Å². The Morgan fingerprint density at radius 1 is 1.23 bits per heavy atom. The zero-order valence-corrected chi connectivity index (χ0v) is 17.6. The summed E-state index contributed by atoms with van der Waals surface area (Å²) >= 11 is 6.20. The van der Waals surface area contributed by atoms with Crippen LogP contribution in [0.3, 0.4) is 0 Å². The number of nitrogens with one attached hydrogen (secondary N) is 1.